The Bertz CT molecular complexity index is 789. The number of hydrogen-bond acceptors (Lipinski definition) is 3. The summed E-state index contributed by atoms with van der Waals surface area (Å²) in [6.45, 7) is 0. The van der Waals surface area contributed by atoms with Gasteiger partial charge in [0.1, 0.15) is 28.0 Å². The number of hydrogen-bond donors (Lipinski definition) is 2. The van der Waals surface area contributed by atoms with E-state index in [9.17, 15) is 26.0 Å². The van der Waals surface area contributed by atoms with Crippen molar-refractivity contribution in [2.24, 2.45) is 0 Å². The van der Waals surface area contributed by atoms with Gasteiger partial charge in [0.2, 0.25) is 0 Å². The average Bonchev–Trinajstić information content (AvgIpc) is 2.33. The molecule has 2 rings (SSSR count). The summed E-state index contributed by atoms with van der Waals surface area (Å²) in [7, 11) is -4.52. The number of nitrogen functional groups attached to an aromatic ring is 1. The van der Waals surface area contributed by atoms with Crippen molar-refractivity contribution in [2.45, 2.75) is 4.90 Å². The SMILES string of the molecule is Nc1c(F)ccc(S(=O)(=O)Nc2cc(F)cc(F)c2)c1F. The van der Waals surface area contributed by atoms with Gasteiger partial charge in [-0.1, -0.05) is 0 Å². The second kappa shape index (κ2) is 5.24. The molecule has 0 bridgehead atoms. The summed E-state index contributed by atoms with van der Waals surface area (Å²) in [5, 5.41) is 0. The van der Waals surface area contributed by atoms with Crippen molar-refractivity contribution in [3.63, 3.8) is 0 Å². The molecule has 0 radical (unpaired) electrons. The molecule has 0 atom stereocenters. The van der Waals surface area contributed by atoms with Crippen LogP contribution >= 0.6 is 0 Å². The zero-order chi connectivity index (χ0) is 15.8. The Balaban J connectivity index is 2.46. The molecular weight excluding hydrogens is 312 g/mol. The molecule has 4 nitrogen and oxygen atoms in total. The molecule has 9 heteroatoms. The number of anilines is 2. The molecule has 0 saturated carbocycles. The summed E-state index contributed by atoms with van der Waals surface area (Å²) < 4.78 is 78.3. The molecule has 0 aliphatic rings. The van der Waals surface area contributed by atoms with E-state index < -0.39 is 49.6 Å². The van der Waals surface area contributed by atoms with Gasteiger partial charge < -0.3 is 5.73 Å². The van der Waals surface area contributed by atoms with Crippen LogP contribution in [-0.2, 0) is 10.0 Å². The molecule has 0 amide bonds. The maximum Gasteiger partial charge on any atom is 0.264 e. The minimum absolute atomic E-state index is 0.449. The van der Waals surface area contributed by atoms with Gasteiger partial charge in [-0.2, -0.15) is 0 Å². The maximum absolute atomic E-state index is 13.7. The van der Waals surface area contributed by atoms with Crippen molar-refractivity contribution >= 4 is 21.4 Å². The van der Waals surface area contributed by atoms with Crippen molar-refractivity contribution in [1.82, 2.24) is 0 Å². The summed E-state index contributed by atoms with van der Waals surface area (Å²) in [5.74, 6) is -4.65. The topological polar surface area (TPSA) is 72.2 Å². The van der Waals surface area contributed by atoms with E-state index in [1.807, 2.05) is 0 Å². The van der Waals surface area contributed by atoms with E-state index in [-0.39, 0.29) is 0 Å². The van der Waals surface area contributed by atoms with E-state index >= 15 is 0 Å². The van der Waals surface area contributed by atoms with Gasteiger partial charge in [0.25, 0.3) is 10.0 Å². The Morgan fingerprint density at radius 1 is 0.952 bits per heavy atom. The van der Waals surface area contributed by atoms with Crippen molar-refractivity contribution in [2.75, 3.05) is 10.5 Å². The van der Waals surface area contributed by atoms with Crippen molar-refractivity contribution in [1.29, 1.82) is 0 Å². The summed E-state index contributed by atoms with van der Waals surface area (Å²) >= 11 is 0. The van der Waals surface area contributed by atoms with Gasteiger partial charge >= 0.3 is 0 Å². The van der Waals surface area contributed by atoms with Gasteiger partial charge in [-0.3, -0.25) is 4.72 Å². The van der Waals surface area contributed by atoms with Crippen molar-refractivity contribution in [3.8, 4) is 0 Å². The Kier molecular flexibility index (Phi) is 3.77. The fourth-order valence-electron chi connectivity index (χ4n) is 1.58. The van der Waals surface area contributed by atoms with Crippen LogP contribution in [0.15, 0.2) is 35.2 Å². The Hall–Kier alpha value is -2.29. The summed E-state index contributed by atoms with van der Waals surface area (Å²) in [6.07, 6.45) is 0. The first-order valence-electron chi connectivity index (χ1n) is 5.43. The smallest absolute Gasteiger partial charge is 0.264 e. The fraction of sp³-hybridized carbons (Fsp3) is 0. The minimum Gasteiger partial charge on any atom is -0.394 e. The molecule has 21 heavy (non-hydrogen) atoms. The van der Waals surface area contributed by atoms with Gasteiger partial charge in [-0.25, -0.2) is 26.0 Å². The Morgan fingerprint density at radius 2 is 1.52 bits per heavy atom. The molecule has 0 aliphatic heterocycles. The second-order valence-corrected chi connectivity index (χ2v) is 5.69. The fourth-order valence-corrected chi connectivity index (χ4v) is 2.71. The van der Waals surface area contributed by atoms with Gasteiger partial charge in [-0.15, -0.1) is 0 Å². The lowest BCUT2D eigenvalue weighted by molar-refractivity contribution is 0.557. The van der Waals surface area contributed by atoms with Gasteiger partial charge in [0.05, 0.1) is 5.69 Å². The van der Waals surface area contributed by atoms with E-state index in [1.165, 1.54) is 0 Å². The third-order valence-electron chi connectivity index (χ3n) is 2.50. The average molecular weight is 320 g/mol. The second-order valence-electron chi connectivity index (χ2n) is 4.04. The van der Waals surface area contributed by atoms with Crippen molar-refractivity contribution in [3.05, 3.63) is 53.6 Å². The number of nitrogens with two attached hydrogens (primary N) is 1. The van der Waals surface area contributed by atoms with Crippen LogP contribution in [0.3, 0.4) is 0 Å². The lowest BCUT2D eigenvalue weighted by Crippen LogP contribution is -2.16. The molecule has 2 aromatic carbocycles. The van der Waals surface area contributed by atoms with Crippen LogP contribution in [0.4, 0.5) is 28.9 Å². The van der Waals surface area contributed by atoms with Crippen LogP contribution in [0.1, 0.15) is 0 Å². The molecule has 3 N–H and O–H groups in total. The normalized spacial score (nSPS) is 11.4. The first-order chi connectivity index (χ1) is 9.70. The maximum atomic E-state index is 13.7. The molecule has 0 fully saturated rings. The molecule has 2 aromatic rings. The largest absolute Gasteiger partial charge is 0.394 e. The van der Waals surface area contributed by atoms with E-state index in [0.717, 1.165) is 0 Å². The summed E-state index contributed by atoms with van der Waals surface area (Å²) in [4.78, 5) is -0.939. The first-order valence-corrected chi connectivity index (χ1v) is 6.91. The minimum atomic E-state index is -4.52. The standard InChI is InChI=1S/C12H8F4N2O2S/c13-6-3-7(14)5-8(4-6)18-21(19,20)10-2-1-9(15)12(17)11(10)16/h1-5,18H,17H2. The molecule has 0 aromatic heterocycles. The quantitative estimate of drug-likeness (QED) is 0.674. The molecular formula is C12H8F4N2O2S. The molecule has 0 heterocycles. The third kappa shape index (κ3) is 3.07. The van der Waals surface area contributed by atoms with Crippen LogP contribution in [0.25, 0.3) is 0 Å². The van der Waals surface area contributed by atoms with Crippen LogP contribution in [-0.4, -0.2) is 8.42 Å². The number of rotatable bonds is 3. The van der Waals surface area contributed by atoms with Crippen LogP contribution in [0.2, 0.25) is 0 Å². The van der Waals surface area contributed by atoms with Gasteiger partial charge in [0.15, 0.2) is 5.82 Å². The first kappa shape index (κ1) is 15.1. The van der Waals surface area contributed by atoms with E-state index in [4.69, 9.17) is 5.73 Å². The summed E-state index contributed by atoms with van der Waals surface area (Å²) in [6, 6.07) is 3.25. The van der Waals surface area contributed by atoms with Crippen LogP contribution in [0.5, 0.6) is 0 Å². The Morgan fingerprint density at radius 3 is 2.10 bits per heavy atom. The molecule has 0 saturated heterocycles. The zero-order valence-corrected chi connectivity index (χ0v) is 11.0. The number of nitrogens with one attached hydrogen (secondary N) is 1. The lowest BCUT2D eigenvalue weighted by Gasteiger charge is -2.10. The van der Waals surface area contributed by atoms with Gasteiger partial charge in [0, 0.05) is 6.07 Å². The highest BCUT2D eigenvalue weighted by Gasteiger charge is 2.23. The highest BCUT2D eigenvalue weighted by molar-refractivity contribution is 7.92. The molecule has 112 valence electrons. The Labute approximate surface area is 117 Å². The predicted octanol–water partition coefficient (Wildman–Crippen LogP) is 2.63. The summed E-state index contributed by atoms with van der Waals surface area (Å²) in [5.41, 5.74) is 3.64. The van der Waals surface area contributed by atoms with E-state index in [1.54, 1.807) is 4.72 Å². The lowest BCUT2D eigenvalue weighted by atomic mass is 10.3. The number of halogens is 4. The number of sulfonamides is 1. The predicted molar refractivity (Wildman–Crippen MR) is 67.9 cm³/mol. The third-order valence-corrected chi connectivity index (χ3v) is 3.89. The molecule has 0 aliphatic carbocycles. The van der Waals surface area contributed by atoms with E-state index in [0.29, 0.717) is 30.3 Å². The molecule has 0 spiro atoms. The zero-order valence-electron chi connectivity index (χ0n) is 10.2. The molecule has 0 unspecified atom stereocenters. The van der Waals surface area contributed by atoms with Crippen molar-refractivity contribution < 1.29 is 26.0 Å². The van der Waals surface area contributed by atoms with Crippen LogP contribution < -0.4 is 10.5 Å². The van der Waals surface area contributed by atoms with Crippen LogP contribution in [0, 0.1) is 23.3 Å². The number of benzene rings is 2. The monoisotopic (exact) mass is 320 g/mol. The highest BCUT2D eigenvalue weighted by Crippen LogP contribution is 2.25. The van der Waals surface area contributed by atoms with Gasteiger partial charge in [-0.05, 0) is 24.3 Å². The van der Waals surface area contributed by atoms with E-state index in [2.05, 4.69) is 0 Å². The highest BCUT2D eigenvalue weighted by atomic mass is 32.2.